The lowest BCUT2D eigenvalue weighted by atomic mass is 9.98. The molecule has 0 bridgehead atoms. The average Bonchev–Trinajstić information content (AvgIpc) is 3.09. The summed E-state index contributed by atoms with van der Waals surface area (Å²) in [4.78, 5) is 36.5. The third-order valence-electron chi connectivity index (χ3n) is 5.51. The number of benzene rings is 2. The Hall–Kier alpha value is -3.59. The molecule has 0 aromatic heterocycles. The largest absolute Gasteiger partial charge is 0.480 e. The van der Waals surface area contributed by atoms with Gasteiger partial charge in [0.15, 0.2) is 0 Å². The van der Waals surface area contributed by atoms with Crippen LogP contribution in [0.25, 0.3) is 11.1 Å². The second-order valence-corrected chi connectivity index (χ2v) is 9.41. The van der Waals surface area contributed by atoms with E-state index in [1.165, 1.54) is 0 Å². The zero-order valence-corrected chi connectivity index (χ0v) is 20.5. The van der Waals surface area contributed by atoms with Gasteiger partial charge in [0.05, 0.1) is 0 Å². The monoisotopic (exact) mass is 483 g/mol. The van der Waals surface area contributed by atoms with Crippen LogP contribution < -0.4 is 10.7 Å². The summed E-state index contributed by atoms with van der Waals surface area (Å²) in [5.74, 6) is -1.30. The number of nitrogens with zero attached hydrogens (tertiary/aromatic N) is 1. The normalized spacial score (nSPS) is 13.5. The van der Waals surface area contributed by atoms with Crippen molar-refractivity contribution >= 4 is 18.2 Å². The van der Waals surface area contributed by atoms with Gasteiger partial charge in [-0.1, -0.05) is 61.9 Å². The fourth-order valence-electron chi connectivity index (χ4n) is 4.14. The minimum absolute atomic E-state index is 0.0821. The SMILES string of the molecule is CCCC(NC(=O)OC(C)(C)C)N(CC(=O)O)NC(=O)OCC1c2ccccc2-c2ccccc21. The van der Waals surface area contributed by atoms with Crippen molar-refractivity contribution in [3.05, 3.63) is 59.7 Å². The van der Waals surface area contributed by atoms with E-state index in [0.29, 0.717) is 12.8 Å². The minimum atomic E-state index is -1.17. The van der Waals surface area contributed by atoms with Crippen LogP contribution in [0.1, 0.15) is 57.6 Å². The first-order valence-corrected chi connectivity index (χ1v) is 11.7. The fraction of sp³-hybridized carbons (Fsp3) is 0.423. The smallest absolute Gasteiger partial charge is 0.421 e. The van der Waals surface area contributed by atoms with Crippen LogP contribution >= 0.6 is 0 Å². The highest BCUT2D eigenvalue weighted by Gasteiger charge is 2.30. The number of hydrazine groups is 1. The molecular formula is C26H33N3O6. The number of carbonyl (C=O) groups is 3. The summed E-state index contributed by atoms with van der Waals surface area (Å²) in [6.45, 7) is 6.61. The van der Waals surface area contributed by atoms with Crippen molar-refractivity contribution in [3.8, 4) is 11.1 Å². The van der Waals surface area contributed by atoms with Crippen LogP contribution in [0, 0.1) is 0 Å². The number of carbonyl (C=O) groups excluding carboxylic acids is 2. The molecule has 0 spiro atoms. The van der Waals surface area contributed by atoms with Crippen molar-refractivity contribution in [2.45, 2.75) is 58.2 Å². The van der Waals surface area contributed by atoms with Gasteiger partial charge in [-0.2, -0.15) is 5.01 Å². The molecule has 1 aliphatic carbocycles. The summed E-state index contributed by atoms with van der Waals surface area (Å²) >= 11 is 0. The number of carboxylic acid groups (broad SMARTS) is 1. The van der Waals surface area contributed by atoms with E-state index in [1.54, 1.807) is 20.8 Å². The summed E-state index contributed by atoms with van der Waals surface area (Å²) in [6.07, 6.45) is -1.30. The van der Waals surface area contributed by atoms with Crippen LogP contribution in [0.2, 0.25) is 0 Å². The maximum absolute atomic E-state index is 12.7. The van der Waals surface area contributed by atoms with Gasteiger partial charge in [0.25, 0.3) is 0 Å². The van der Waals surface area contributed by atoms with Crippen LogP contribution in [0.15, 0.2) is 48.5 Å². The summed E-state index contributed by atoms with van der Waals surface area (Å²) < 4.78 is 10.8. The van der Waals surface area contributed by atoms with E-state index in [4.69, 9.17) is 9.47 Å². The van der Waals surface area contributed by atoms with Gasteiger partial charge in [0.2, 0.25) is 0 Å². The number of hydrogen-bond donors (Lipinski definition) is 3. The lowest BCUT2D eigenvalue weighted by molar-refractivity contribution is -0.140. The highest BCUT2D eigenvalue weighted by molar-refractivity contribution is 5.79. The Labute approximate surface area is 205 Å². The second-order valence-electron chi connectivity index (χ2n) is 9.41. The molecule has 1 aliphatic rings. The molecule has 35 heavy (non-hydrogen) atoms. The second kappa shape index (κ2) is 11.2. The molecule has 3 N–H and O–H groups in total. The van der Waals surface area contributed by atoms with Gasteiger partial charge in [-0.15, -0.1) is 0 Å². The summed E-state index contributed by atoms with van der Waals surface area (Å²) in [6, 6.07) is 16.0. The molecule has 0 saturated heterocycles. The molecule has 9 heteroatoms. The van der Waals surface area contributed by atoms with Crippen LogP contribution in [0.4, 0.5) is 9.59 Å². The fourth-order valence-corrected chi connectivity index (χ4v) is 4.14. The number of fused-ring (bicyclic) bond motifs is 3. The van der Waals surface area contributed by atoms with Gasteiger partial charge in [-0.25, -0.2) is 9.59 Å². The van der Waals surface area contributed by atoms with E-state index in [9.17, 15) is 19.5 Å². The highest BCUT2D eigenvalue weighted by Crippen LogP contribution is 2.44. The number of nitrogens with one attached hydrogen (secondary N) is 2. The molecule has 9 nitrogen and oxygen atoms in total. The predicted molar refractivity (Wildman–Crippen MR) is 131 cm³/mol. The Kier molecular flexibility index (Phi) is 8.34. The van der Waals surface area contributed by atoms with Crippen molar-refractivity contribution < 1.29 is 29.0 Å². The molecule has 2 aromatic carbocycles. The first kappa shape index (κ1) is 26.0. The molecule has 1 atom stereocenters. The zero-order chi connectivity index (χ0) is 25.6. The topological polar surface area (TPSA) is 117 Å². The van der Waals surface area contributed by atoms with E-state index in [2.05, 4.69) is 10.7 Å². The zero-order valence-electron chi connectivity index (χ0n) is 20.5. The number of rotatable bonds is 9. The quantitative estimate of drug-likeness (QED) is 0.356. The average molecular weight is 484 g/mol. The molecular weight excluding hydrogens is 450 g/mol. The third kappa shape index (κ3) is 6.95. The van der Waals surface area contributed by atoms with Gasteiger partial charge < -0.3 is 19.9 Å². The molecule has 3 rings (SSSR count). The first-order chi connectivity index (χ1) is 16.6. The van der Waals surface area contributed by atoms with Gasteiger partial charge in [-0.3, -0.25) is 10.2 Å². The number of alkyl carbamates (subject to hydrolysis) is 1. The Morgan fingerprint density at radius 3 is 2.09 bits per heavy atom. The molecule has 0 heterocycles. The van der Waals surface area contributed by atoms with Crippen LogP contribution in [-0.2, 0) is 14.3 Å². The molecule has 0 aliphatic heterocycles. The van der Waals surface area contributed by atoms with Gasteiger partial charge in [0.1, 0.15) is 24.9 Å². The van der Waals surface area contributed by atoms with Gasteiger partial charge in [-0.05, 0) is 49.4 Å². The molecule has 2 aromatic rings. The maximum Gasteiger partial charge on any atom is 0.421 e. The number of hydrogen-bond acceptors (Lipinski definition) is 6. The number of amides is 2. The van der Waals surface area contributed by atoms with E-state index in [0.717, 1.165) is 27.3 Å². The van der Waals surface area contributed by atoms with E-state index in [-0.39, 0.29) is 12.5 Å². The summed E-state index contributed by atoms with van der Waals surface area (Å²) in [7, 11) is 0. The number of carboxylic acids is 1. The summed E-state index contributed by atoms with van der Waals surface area (Å²) in [5.41, 5.74) is 6.12. The first-order valence-electron chi connectivity index (χ1n) is 11.7. The molecule has 188 valence electrons. The number of ether oxygens (including phenoxy) is 2. The van der Waals surface area contributed by atoms with Gasteiger partial charge in [0, 0.05) is 5.92 Å². The maximum atomic E-state index is 12.7. The van der Waals surface area contributed by atoms with Crippen molar-refractivity contribution in [1.29, 1.82) is 0 Å². The third-order valence-corrected chi connectivity index (χ3v) is 5.51. The van der Waals surface area contributed by atoms with E-state index >= 15 is 0 Å². The Morgan fingerprint density at radius 2 is 1.57 bits per heavy atom. The molecule has 0 saturated carbocycles. The van der Waals surface area contributed by atoms with Crippen molar-refractivity contribution in [3.63, 3.8) is 0 Å². The standard InChI is InChI=1S/C26H33N3O6/c1-5-10-22(27-24(32)35-26(2,3)4)29(15-23(30)31)28-25(33)34-16-21-19-13-8-6-11-17(19)18-12-7-9-14-20(18)21/h6-9,11-14,21-22H,5,10,15-16H2,1-4H3,(H,27,32)(H,28,33)(H,30,31). The lowest BCUT2D eigenvalue weighted by Crippen LogP contribution is -2.58. The molecule has 0 radical (unpaired) electrons. The van der Waals surface area contributed by atoms with Gasteiger partial charge >= 0.3 is 18.2 Å². The van der Waals surface area contributed by atoms with E-state index in [1.807, 2.05) is 55.5 Å². The van der Waals surface area contributed by atoms with Crippen LogP contribution in [0.3, 0.4) is 0 Å². The summed E-state index contributed by atoms with van der Waals surface area (Å²) in [5, 5.41) is 13.2. The van der Waals surface area contributed by atoms with Crippen LogP contribution in [-0.4, -0.2) is 53.2 Å². The van der Waals surface area contributed by atoms with Crippen molar-refractivity contribution in [1.82, 2.24) is 15.8 Å². The number of aliphatic carboxylic acids is 1. The molecule has 1 unspecified atom stereocenters. The lowest BCUT2D eigenvalue weighted by Gasteiger charge is -2.31. The Morgan fingerprint density at radius 1 is 1.00 bits per heavy atom. The van der Waals surface area contributed by atoms with E-state index < -0.39 is 36.5 Å². The van der Waals surface area contributed by atoms with Crippen molar-refractivity contribution in [2.75, 3.05) is 13.2 Å². The van der Waals surface area contributed by atoms with Crippen molar-refractivity contribution in [2.24, 2.45) is 0 Å². The minimum Gasteiger partial charge on any atom is -0.480 e. The molecule has 2 amide bonds. The molecule has 0 fully saturated rings. The predicted octanol–water partition coefficient (Wildman–Crippen LogP) is 4.48. The van der Waals surface area contributed by atoms with Crippen LogP contribution in [0.5, 0.6) is 0 Å². The highest BCUT2D eigenvalue weighted by atomic mass is 16.6. The Balaban J connectivity index is 1.69. The Bertz CT molecular complexity index is 1020.